The lowest BCUT2D eigenvalue weighted by molar-refractivity contribution is 0.0985. The molecule has 1 aliphatic rings. The topological polar surface area (TPSA) is 101 Å². The van der Waals surface area contributed by atoms with Gasteiger partial charge in [0, 0.05) is 45.9 Å². The summed E-state index contributed by atoms with van der Waals surface area (Å²) in [5.74, 6) is -1.05. The number of anilines is 2. The predicted octanol–water partition coefficient (Wildman–Crippen LogP) is 7.14. The Bertz CT molecular complexity index is 2270. The Balaban J connectivity index is 1.18. The van der Waals surface area contributed by atoms with Crippen molar-refractivity contribution in [3.05, 3.63) is 125 Å². The van der Waals surface area contributed by atoms with Crippen molar-refractivity contribution in [2.24, 2.45) is 0 Å². The second-order valence-electron chi connectivity index (χ2n) is 11.1. The van der Waals surface area contributed by atoms with Crippen LogP contribution in [-0.4, -0.2) is 42.0 Å². The van der Waals surface area contributed by atoms with Crippen LogP contribution in [0.5, 0.6) is 0 Å². The third kappa shape index (κ3) is 5.17. The number of aromatic nitrogens is 2. The predicted molar refractivity (Wildman–Crippen MR) is 180 cm³/mol. The minimum Gasteiger partial charge on any atom is -0.319 e. The molecule has 0 atom stereocenters. The lowest BCUT2D eigenvalue weighted by atomic mass is 10.0. The average Bonchev–Trinajstić information content (AvgIpc) is 3.62. The van der Waals surface area contributed by atoms with Gasteiger partial charge < -0.3 is 10.2 Å². The minimum atomic E-state index is -3.57. The first-order valence-electron chi connectivity index (χ1n) is 14.5. The van der Waals surface area contributed by atoms with Gasteiger partial charge in [-0.05, 0) is 72.5 Å². The van der Waals surface area contributed by atoms with E-state index in [0.29, 0.717) is 45.6 Å². The van der Waals surface area contributed by atoms with Crippen LogP contribution in [0.15, 0.2) is 97.3 Å². The standard InChI is InChI=1S/C35H27FN4O4S2/c1-21-7-5-10-28(36)31(21)38-34(41)30-19-24-16-18-39(29-11-4-3-8-26(29)32(24)45-30)35(42)23-14-12-22(13-15-23)27-20-40(46(2,43)44)33-25(27)9-6-17-37-33/h3-15,17,19-20H,16,18H2,1-2H3,(H,38,41). The Morgan fingerprint density at radius 2 is 1.74 bits per heavy atom. The number of hydrogen-bond donors (Lipinski definition) is 1. The lowest BCUT2D eigenvalue weighted by Crippen LogP contribution is -2.32. The van der Waals surface area contributed by atoms with E-state index < -0.39 is 15.8 Å². The van der Waals surface area contributed by atoms with Crippen molar-refractivity contribution >= 4 is 55.6 Å². The number of aryl methyl sites for hydroxylation is 1. The van der Waals surface area contributed by atoms with Crippen LogP contribution in [0.25, 0.3) is 32.6 Å². The summed E-state index contributed by atoms with van der Waals surface area (Å²) >= 11 is 1.32. The van der Waals surface area contributed by atoms with Crippen LogP contribution >= 0.6 is 11.3 Å². The van der Waals surface area contributed by atoms with Crippen molar-refractivity contribution in [2.45, 2.75) is 13.3 Å². The molecule has 3 aromatic heterocycles. The maximum Gasteiger partial charge on any atom is 0.265 e. The molecule has 0 bridgehead atoms. The number of amides is 2. The number of fused-ring (bicyclic) bond motifs is 4. The number of pyridine rings is 1. The molecule has 0 saturated carbocycles. The Labute approximate surface area is 268 Å². The number of nitrogens with one attached hydrogen (secondary N) is 1. The fraction of sp³-hybridized carbons (Fsp3) is 0.114. The number of rotatable bonds is 5. The normalized spacial score (nSPS) is 12.8. The van der Waals surface area contributed by atoms with Gasteiger partial charge in [-0.3, -0.25) is 9.59 Å². The number of carbonyl (C=O) groups is 2. The number of nitrogens with zero attached hydrogens (tertiary/aromatic N) is 3. The van der Waals surface area contributed by atoms with E-state index in [1.165, 1.54) is 21.4 Å². The summed E-state index contributed by atoms with van der Waals surface area (Å²) in [6.45, 7) is 2.13. The van der Waals surface area contributed by atoms with E-state index in [1.54, 1.807) is 54.5 Å². The van der Waals surface area contributed by atoms with Gasteiger partial charge in [-0.25, -0.2) is 21.8 Å². The molecule has 0 aliphatic carbocycles. The number of halogens is 1. The van der Waals surface area contributed by atoms with Crippen LogP contribution in [0.2, 0.25) is 0 Å². The fourth-order valence-corrected chi connectivity index (χ4v) is 7.74. The van der Waals surface area contributed by atoms with Gasteiger partial charge in [0.05, 0.1) is 22.5 Å². The molecule has 11 heteroatoms. The number of para-hydroxylation sites is 2. The second-order valence-corrected chi connectivity index (χ2v) is 14.0. The first kappa shape index (κ1) is 29.6. The number of hydrogen-bond acceptors (Lipinski definition) is 6. The number of carbonyl (C=O) groups excluding carboxylic acids is 2. The molecule has 0 unspecified atom stereocenters. The molecule has 8 nitrogen and oxygen atoms in total. The van der Waals surface area contributed by atoms with Crippen molar-refractivity contribution in [1.82, 2.24) is 8.96 Å². The van der Waals surface area contributed by atoms with Gasteiger partial charge in [0.15, 0.2) is 5.65 Å². The van der Waals surface area contributed by atoms with Crippen molar-refractivity contribution in [1.29, 1.82) is 0 Å². The highest BCUT2D eigenvalue weighted by Crippen LogP contribution is 2.42. The molecular weight excluding hydrogens is 624 g/mol. The Morgan fingerprint density at radius 1 is 0.957 bits per heavy atom. The summed E-state index contributed by atoms with van der Waals surface area (Å²) in [6, 6.07) is 24.8. The highest BCUT2D eigenvalue weighted by molar-refractivity contribution is 7.89. The first-order chi connectivity index (χ1) is 22.1. The highest BCUT2D eigenvalue weighted by atomic mass is 32.2. The summed E-state index contributed by atoms with van der Waals surface area (Å²) < 4.78 is 40.4. The smallest absolute Gasteiger partial charge is 0.265 e. The van der Waals surface area contributed by atoms with Crippen molar-refractivity contribution in [3.8, 4) is 21.6 Å². The molecule has 0 saturated heterocycles. The van der Waals surface area contributed by atoms with E-state index in [1.807, 2.05) is 48.5 Å². The van der Waals surface area contributed by atoms with Gasteiger partial charge >= 0.3 is 0 Å². The maximum atomic E-state index is 14.4. The number of benzene rings is 3. The molecule has 2 amide bonds. The first-order valence-corrected chi connectivity index (χ1v) is 17.1. The summed E-state index contributed by atoms with van der Waals surface area (Å²) in [6.07, 6.45) is 4.76. The molecule has 1 aliphatic heterocycles. The average molecular weight is 651 g/mol. The van der Waals surface area contributed by atoms with Gasteiger partial charge in [0.1, 0.15) is 5.82 Å². The van der Waals surface area contributed by atoms with Crippen LogP contribution in [-0.2, 0) is 16.4 Å². The maximum absolute atomic E-state index is 14.4. The molecule has 4 heterocycles. The van der Waals surface area contributed by atoms with Gasteiger partial charge in [-0.1, -0.05) is 42.5 Å². The highest BCUT2D eigenvalue weighted by Gasteiger charge is 2.28. The summed E-state index contributed by atoms with van der Waals surface area (Å²) in [5, 5.41) is 3.42. The summed E-state index contributed by atoms with van der Waals surface area (Å²) in [4.78, 5) is 34.5. The van der Waals surface area contributed by atoms with E-state index in [-0.39, 0.29) is 17.5 Å². The Morgan fingerprint density at radius 3 is 2.50 bits per heavy atom. The monoisotopic (exact) mass is 650 g/mol. The zero-order chi connectivity index (χ0) is 32.2. The minimum absolute atomic E-state index is 0.164. The molecule has 6 aromatic rings. The van der Waals surface area contributed by atoms with Gasteiger partial charge in [0.25, 0.3) is 11.8 Å². The Hall–Kier alpha value is -5.13. The molecule has 7 rings (SSSR count). The third-order valence-corrected chi connectivity index (χ3v) is 10.3. The van der Waals surface area contributed by atoms with Crippen LogP contribution in [0.4, 0.5) is 15.8 Å². The second kappa shape index (κ2) is 11.3. The van der Waals surface area contributed by atoms with E-state index in [2.05, 4.69) is 10.3 Å². The molecule has 230 valence electrons. The molecular formula is C35H27FN4O4S2. The van der Waals surface area contributed by atoms with Crippen LogP contribution in [0, 0.1) is 12.7 Å². The summed E-state index contributed by atoms with van der Waals surface area (Å²) in [7, 11) is -3.57. The molecule has 1 N–H and O–H groups in total. The van der Waals surface area contributed by atoms with Gasteiger partial charge in [-0.2, -0.15) is 0 Å². The Kier molecular flexibility index (Phi) is 7.29. The van der Waals surface area contributed by atoms with Crippen molar-refractivity contribution in [2.75, 3.05) is 23.0 Å². The molecule has 0 radical (unpaired) electrons. The fourth-order valence-electron chi connectivity index (χ4n) is 5.85. The van der Waals surface area contributed by atoms with Crippen LogP contribution < -0.4 is 10.2 Å². The van der Waals surface area contributed by atoms with Crippen molar-refractivity contribution in [3.63, 3.8) is 0 Å². The van der Waals surface area contributed by atoms with Crippen LogP contribution in [0.1, 0.15) is 31.2 Å². The largest absolute Gasteiger partial charge is 0.319 e. The van der Waals surface area contributed by atoms with Crippen molar-refractivity contribution < 1.29 is 22.4 Å². The molecule has 0 fully saturated rings. The van der Waals surface area contributed by atoms with Gasteiger partial charge in [0.2, 0.25) is 10.0 Å². The van der Waals surface area contributed by atoms with E-state index in [9.17, 15) is 22.4 Å². The molecule has 46 heavy (non-hydrogen) atoms. The van der Waals surface area contributed by atoms with E-state index >= 15 is 0 Å². The number of thiophene rings is 1. The SMILES string of the molecule is Cc1cccc(F)c1NC(=O)c1cc2c(s1)-c1ccccc1N(C(=O)c1ccc(-c3cn(S(C)(=O)=O)c4ncccc34)cc1)CC2. The lowest BCUT2D eigenvalue weighted by Gasteiger charge is -2.23. The zero-order valence-electron chi connectivity index (χ0n) is 24.8. The summed E-state index contributed by atoms with van der Waals surface area (Å²) in [5.41, 5.74) is 5.59. The molecule has 0 spiro atoms. The quantitative estimate of drug-likeness (QED) is 0.214. The zero-order valence-corrected chi connectivity index (χ0v) is 26.5. The third-order valence-electron chi connectivity index (χ3n) is 8.11. The molecule has 3 aromatic carbocycles. The van der Waals surface area contributed by atoms with Gasteiger partial charge in [-0.15, -0.1) is 11.3 Å². The van der Waals surface area contributed by atoms with E-state index in [0.717, 1.165) is 33.5 Å². The van der Waals surface area contributed by atoms with E-state index in [4.69, 9.17) is 0 Å². The van der Waals surface area contributed by atoms with Crippen LogP contribution in [0.3, 0.4) is 0 Å².